The van der Waals surface area contributed by atoms with Crippen LogP contribution in [0.2, 0.25) is 0 Å². The van der Waals surface area contributed by atoms with Crippen LogP contribution in [0.4, 0.5) is 26.3 Å². The van der Waals surface area contributed by atoms with Crippen molar-refractivity contribution in [3.8, 4) is 0 Å². The molecule has 0 aliphatic rings. The predicted octanol–water partition coefficient (Wildman–Crippen LogP) is 5.14. The molecular weight excluding hydrogens is 444 g/mol. The van der Waals surface area contributed by atoms with Crippen molar-refractivity contribution in [2.75, 3.05) is 0 Å². The lowest BCUT2D eigenvalue weighted by Crippen LogP contribution is -2.14. The summed E-state index contributed by atoms with van der Waals surface area (Å²) >= 11 is 0. The Hall–Kier alpha value is -3.15. The van der Waals surface area contributed by atoms with Crippen LogP contribution in [0.5, 0.6) is 0 Å². The largest absolute Gasteiger partial charge is 0.478 e. The summed E-state index contributed by atoms with van der Waals surface area (Å²) in [5.74, 6) is -1.17. The maximum Gasteiger partial charge on any atom is 0.433 e. The van der Waals surface area contributed by atoms with Crippen molar-refractivity contribution < 1.29 is 41.4 Å². The Kier molecular flexibility index (Phi) is 6.44. The molecule has 0 spiro atoms. The first-order chi connectivity index (χ1) is 14.9. The van der Waals surface area contributed by atoms with Crippen LogP contribution in [0.15, 0.2) is 30.5 Å². The molecule has 0 saturated carbocycles. The van der Waals surface area contributed by atoms with Gasteiger partial charge < -0.3 is 10.2 Å². The Balaban J connectivity index is 1.86. The first-order valence-corrected chi connectivity index (χ1v) is 9.41. The number of aliphatic hydroxyl groups is 1. The van der Waals surface area contributed by atoms with Gasteiger partial charge in [-0.25, -0.2) is 9.78 Å². The van der Waals surface area contributed by atoms with Crippen molar-refractivity contribution in [1.29, 1.82) is 0 Å². The number of aliphatic hydroxyl groups excluding tert-OH is 1. The number of aromatic carboxylic acids is 1. The van der Waals surface area contributed by atoms with Crippen LogP contribution >= 0.6 is 0 Å². The number of para-hydroxylation sites is 1. The number of unbranched alkanes of at least 4 members (excludes halogenated alkanes) is 1. The highest BCUT2D eigenvalue weighted by molar-refractivity contribution is 5.88. The van der Waals surface area contributed by atoms with E-state index in [4.69, 9.17) is 5.11 Å². The number of benzene rings is 1. The summed E-state index contributed by atoms with van der Waals surface area (Å²) in [4.78, 5) is 14.3. The van der Waals surface area contributed by atoms with E-state index in [1.165, 1.54) is 6.07 Å². The molecule has 1 aromatic carbocycles. The molecule has 3 aromatic rings. The summed E-state index contributed by atoms with van der Waals surface area (Å²) < 4.78 is 79.8. The number of aromatic amines is 1. The minimum Gasteiger partial charge on any atom is -0.478 e. The van der Waals surface area contributed by atoms with E-state index in [9.17, 15) is 36.2 Å². The van der Waals surface area contributed by atoms with E-state index in [0.717, 1.165) is 12.3 Å². The van der Waals surface area contributed by atoms with Crippen LogP contribution in [-0.4, -0.2) is 31.4 Å². The predicted molar refractivity (Wildman–Crippen MR) is 99.8 cm³/mol. The number of rotatable bonds is 7. The summed E-state index contributed by atoms with van der Waals surface area (Å²) in [6.45, 7) is 0. The third kappa shape index (κ3) is 5.01. The standard InChI is InChI=1S/C20H17F6N3O3/c21-19(22,23)13-5-3-4-10-11(8-16(20(24,25)26)28-17(10)13)15(30)7-2-1-6-14-12(18(31)32)9-27-29-14/h3-5,8-9,15,30H,1-2,6-7H2,(H,27,29)(H,31,32). The highest BCUT2D eigenvalue weighted by atomic mass is 19.4. The number of nitrogens with zero attached hydrogens (tertiary/aromatic N) is 2. The van der Waals surface area contributed by atoms with Gasteiger partial charge in [-0.1, -0.05) is 18.6 Å². The number of halogens is 6. The van der Waals surface area contributed by atoms with E-state index >= 15 is 0 Å². The minimum atomic E-state index is -5.00. The molecule has 2 heterocycles. The van der Waals surface area contributed by atoms with Crippen LogP contribution in [0.25, 0.3) is 10.9 Å². The third-order valence-corrected chi connectivity index (χ3v) is 4.93. The number of alkyl halides is 6. The van der Waals surface area contributed by atoms with E-state index in [1.807, 2.05) is 0 Å². The van der Waals surface area contributed by atoms with Crippen LogP contribution < -0.4 is 0 Å². The van der Waals surface area contributed by atoms with Gasteiger partial charge in [0.1, 0.15) is 11.3 Å². The van der Waals surface area contributed by atoms with Gasteiger partial charge in [0.2, 0.25) is 0 Å². The molecule has 0 radical (unpaired) electrons. The molecule has 32 heavy (non-hydrogen) atoms. The first-order valence-electron chi connectivity index (χ1n) is 9.41. The number of hydrogen-bond donors (Lipinski definition) is 3. The van der Waals surface area contributed by atoms with E-state index in [2.05, 4.69) is 15.2 Å². The number of H-pyrrole nitrogens is 1. The Morgan fingerprint density at radius 3 is 2.44 bits per heavy atom. The van der Waals surface area contributed by atoms with Gasteiger partial charge >= 0.3 is 18.3 Å². The fourth-order valence-corrected chi connectivity index (χ4v) is 3.41. The monoisotopic (exact) mass is 461 g/mol. The van der Waals surface area contributed by atoms with Crippen molar-refractivity contribution in [3.05, 3.63) is 58.5 Å². The lowest BCUT2D eigenvalue weighted by Gasteiger charge is -2.18. The fraction of sp³-hybridized carbons (Fsp3) is 0.350. The molecule has 0 amide bonds. The first kappa shape index (κ1) is 23.5. The molecule has 1 unspecified atom stereocenters. The zero-order chi connectivity index (χ0) is 23.7. The second kappa shape index (κ2) is 8.77. The molecule has 12 heteroatoms. The normalized spacial score (nSPS) is 13.5. The summed E-state index contributed by atoms with van der Waals surface area (Å²) in [5, 5.41) is 25.5. The Labute approximate surface area is 176 Å². The summed E-state index contributed by atoms with van der Waals surface area (Å²) in [6, 6.07) is 3.42. The average Bonchev–Trinajstić information content (AvgIpc) is 3.17. The van der Waals surface area contributed by atoms with Gasteiger partial charge in [0.15, 0.2) is 0 Å². The lowest BCUT2D eigenvalue weighted by atomic mass is 9.96. The molecule has 6 nitrogen and oxygen atoms in total. The number of carboxylic acid groups (broad SMARTS) is 1. The van der Waals surface area contributed by atoms with Gasteiger partial charge in [-0.05, 0) is 37.0 Å². The van der Waals surface area contributed by atoms with Crippen molar-refractivity contribution >= 4 is 16.9 Å². The molecule has 0 aliphatic carbocycles. The molecule has 3 N–H and O–H groups in total. The highest BCUT2D eigenvalue weighted by Gasteiger charge is 2.37. The molecule has 2 aromatic heterocycles. The van der Waals surface area contributed by atoms with Crippen LogP contribution in [0.1, 0.15) is 58.2 Å². The van der Waals surface area contributed by atoms with Gasteiger partial charge in [-0.3, -0.25) is 5.10 Å². The topological polar surface area (TPSA) is 99.1 Å². The smallest absolute Gasteiger partial charge is 0.433 e. The maximum absolute atomic E-state index is 13.3. The second-order valence-electron chi connectivity index (χ2n) is 7.12. The number of nitrogens with one attached hydrogen (secondary N) is 1. The SMILES string of the molecule is O=C(O)c1cn[nH]c1CCCCC(O)c1cc(C(F)(F)F)nc2c(C(F)(F)F)cccc12. The van der Waals surface area contributed by atoms with E-state index < -0.39 is 41.2 Å². The Bertz CT molecular complexity index is 1120. The number of hydrogen-bond acceptors (Lipinski definition) is 4. The molecule has 0 saturated heterocycles. The number of aryl methyl sites for hydroxylation is 1. The molecule has 0 bridgehead atoms. The average molecular weight is 461 g/mol. The van der Waals surface area contributed by atoms with Crippen molar-refractivity contribution in [1.82, 2.24) is 15.2 Å². The number of aromatic nitrogens is 3. The zero-order valence-corrected chi connectivity index (χ0v) is 16.3. The quantitative estimate of drug-likeness (QED) is 0.334. The number of fused-ring (bicyclic) bond motifs is 1. The molecule has 172 valence electrons. The number of carbonyl (C=O) groups is 1. The van der Waals surface area contributed by atoms with Crippen molar-refractivity contribution in [3.63, 3.8) is 0 Å². The highest BCUT2D eigenvalue weighted by Crippen LogP contribution is 2.39. The third-order valence-electron chi connectivity index (χ3n) is 4.93. The van der Waals surface area contributed by atoms with E-state index in [-0.39, 0.29) is 35.8 Å². The second-order valence-corrected chi connectivity index (χ2v) is 7.12. The van der Waals surface area contributed by atoms with Crippen LogP contribution in [0, 0.1) is 0 Å². The minimum absolute atomic E-state index is 0.0137. The molecule has 0 aliphatic heterocycles. The van der Waals surface area contributed by atoms with Crippen molar-refractivity contribution in [2.45, 2.75) is 44.1 Å². The van der Waals surface area contributed by atoms with Gasteiger partial charge in [0.25, 0.3) is 0 Å². The van der Waals surface area contributed by atoms with Gasteiger partial charge in [0, 0.05) is 11.1 Å². The van der Waals surface area contributed by atoms with Gasteiger partial charge in [-0.2, -0.15) is 31.4 Å². The van der Waals surface area contributed by atoms with Gasteiger partial charge in [-0.15, -0.1) is 0 Å². The summed E-state index contributed by atoms with van der Waals surface area (Å²) in [6.07, 6.45) is -9.43. The Morgan fingerprint density at radius 1 is 1.09 bits per heavy atom. The van der Waals surface area contributed by atoms with Crippen LogP contribution in [0.3, 0.4) is 0 Å². The lowest BCUT2D eigenvalue weighted by molar-refractivity contribution is -0.142. The molecule has 0 fully saturated rings. The van der Waals surface area contributed by atoms with E-state index in [1.54, 1.807) is 0 Å². The van der Waals surface area contributed by atoms with Crippen molar-refractivity contribution in [2.24, 2.45) is 0 Å². The number of carboxylic acids is 1. The maximum atomic E-state index is 13.3. The summed E-state index contributed by atoms with van der Waals surface area (Å²) in [5.41, 5.74) is -3.70. The molecule has 3 rings (SSSR count). The zero-order valence-electron chi connectivity index (χ0n) is 16.3. The fourth-order valence-electron chi connectivity index (χ4n) is 3.41. The van der Waals surface area contributed by atoms with Crippen LogP contribution in [-0.2, 0) is 18.8 Å². The summed E-state index contributed by atoms with van der Waals surface area (Å²) in [7, 11) is 0. The Morgan fingerprint density at radius 2 is 1.81 bits per heavy atom. The number of pyridine rings is 1. The molecule has 1 atom stereocenters. The van der Waals surface area contributed by atoms with E-state index in [0.29, 0.717) is 24.2 Å². The van der Waals surface area contributed by atoms with Gasteiger partial charge in [0.05, 0.1) is 23.4 Å². The molecular formula is C20H17F6N3O3.